The highest BCUT2D eigenvalue weighted by molar-refractivity contribution is 7.89. The Bertz CT molecular complexity index is 624. The second kappa shape index (κ2) is 7.70. The lowest BCUT2D eigenvalue weighted by atomic mass is 10.3. The molecule has 0 bridgehead atoms. The van der Waals surface area contributed by atoms with Gasteiger partial charge < -0.3 is 10.6 Å². The number of hydrogen-bond donors (Lipinski definition) is 3. The van der Waals surface area contributed by atoms with Crippen LogP contribution >= 0.6 is 0 Å². The number of aromatic nitrogens is 2. The summed E-state index contributed by atoms with van der Waals surface area (Å²) in [6, 6.07) is -0.849. The van der Waals surface area contributed by atoms with Crippen LogP contribution in [0.25, 0.3) is 0 Å². The van der Waals surface area contributed by atoms with Crippen molar-refractivity contribution in [1.29, 1.82) is 0 Å². The average Bonchev–Trinajstić information content (AvgIpc) is 2.67. The summed E-state index contributed by atoms with van der Waals surface area (Å²) in [6.45, 7) is 6.11. The van der Waals surface area contributed by atoms with E-state index in [1.807, 2.05) is 7.05 Å². The van der Waals surface area contributed by atoms with Gasteiger partial charge in [-0.05, 0) is 40.8 Å². The van der Waals surface area contributed by atoms with Crippen LogP contribution in [0.5, 0.6) is 0 Å². The van der Waals surface area contributed by atoms with Gasteiger partial charge in [0.25, 0.3) is 0 Å². The first-order valence-electron chi connectivity index (χ1n) is 7.15. The van der Waals surface area contributed by atoms with Crippen molar-refractivity contribution in [2.75, 3.05) is 20.1 Å². The quantitative estimate of drug-likeness (QED) is 0.553. The van der Waals surface area contributed by atoms with E-state index >= 15 is 0 Å². The van der Waals surface area contributed by atoms with Crippen LogP contribution in [0, 0.1) is 13.8 Å². The molecule has 0 saturated heterocycles. The van der Waals surface area contributed by atoms with Crippen molar-refractivity contribution in [3.05, 3.63) is 11.4 Å². The molecule has 1 aromatic heterocycles. The molecule has 0 spiro atoms. The molecular formula is C13H25N5O3S. The van der Waals surface area contributed by atoms with Crippen LogP contribution in [0.4, 0.5) is 0 Å². The summed E-state index contributed by atoms with van der Waals surface area (Å²) in [4.78, 5) is 12.0. The Hall–Kier alpha value is -1.45. The largest absolute Gasteiger partial charge is 0.355 e. The van der Waals surface area contributed by atoms with Crippen LogP contribution in [-0.2, 0) is 21.9 Å². The number of hydrogen-bond acceptors (Lipinski definition) is 5. The van der Waals surface area contributed by atoms with E-state index in [0.717, 1.165) is 13.0 Å². The molecular weight excluding hydrogens is 306 g/mol. The monoisotopic (exact) mass is 331 g/mol. The minimum atomic E-state index is -3.79. The van der Waals surface area contributed by atoms with Gasteiger partial charge in [0, 0.05) is 13.6 Å². The summed E-state index contributed by atoms with van der Waals surface area (Å²) in [6.07, 6.45) is 0.780. The topological polar surface area (TPSA) is 105 Å². The fourth-order valence-corrected chi connectivity index (χ4v) is 3.76. The van der Waals surface area contributed by atoms with Crippen LogP contribution < -0.4 is 15.4 Å². The molecule has 1 amide bonds. The smallest absolute Gasteiger partial charge is 0.244 e. The predicted molar refractivity (Wildman–Crippen MR) is 84.0 cm³/mol. The Labute approximate surface area is 131 Å². The van der Waals surface area contributed by atoms with Crippen molar-refractivity contribution in [2.24, 2.45) is 7.05 Å². The van der Waals surface area contributed by atoms with Gasteiger partial charge in [-0.3, -0.25) is 9.48 Å². The van der Waals surface area contributed by atoms with Crippen molar-refractivity contribution >= 4 is 15.9 Å². The Morgan fingerprint density at radius 2 is 1.95 bits per heavy atom. The van der Waals surface area contributed by atoms with E-state index in [1.165, 1.54) is 11.6 Å². The molecule has 1 aromatic rings. The number of sulfonamides is 1. The molecule has 0 fully saturated rings. The van der Waals surface area contributed by atoms with Gasteiger partial charge in [-0.1, -0.05) is 0 Å². The number of amides is 1. The third-order valence-electron chi connectivity index (χ3n) is 3.34. The van der Waals surface area contributed by atoms with Gasteiger partial charge in [0.15, 0.2) is 0 Å². The highest BCUT2D eigenvalue weighted by Crippen LogP contribution is 2.18. The summed E-state index contributed by atoms with van der Waals surface area (Å²) in [5.74, 6) is -0.348. The van der Waals surface area contributed by atoms with Gasteiger partial charge in [0.2, 0.25) is 15.9 Å². The molecule has 0 aliphatic carbocycles. The highest BCUT2D eigenvalue weighted by atomic mass is 32.2. The minimum absolute atomic E-state index is 0.129. The first-order chi connectivity index (χ1) is 10.2. The number of carbonyl (C=O) groups excluding carboxylic acids is 1. The van der Waals surface area contributed by atoms with Crippen molar-refractivity contribution in [3.63, 3.8) is 0 Å². The lowest BCUT2D eigenvalue weighted by Gasteiger charge is -2.14. The maximum absolute atomic E-state index is 12.4. The zero-order valence-corrected chi connectivity index (χ0v) is 14.5. The third-order valence-corrected chi connectivity index (χ3v) is 5.13. The molecule has 1 atom stereocenters. The molecule has 0 aromatic carbocycles. The first-order valence-corrected chi connectivity index (χ1v) is 8.64. The number of rotatable bonds is 8. The summed E-state index contributed by atoms with van der Waals surface area (Å²) in [5.41, 5.74) is 0.945. The van der Waals surface area contributed by atoms with E-state index in [4.69, 9.17) is 0 Å². The molecule has 3 N–H and O–H groups in total. The fraction of sp³-hybridized carbons (Fsp3) is 0.692. The second-order valence-corrected chi connectivity index (χ2v) is 6.87. The van der Waals surface area contributed by atoms with Gasteiger partial charge in [-0.15, -0.1) is 0 Å². The number of nitrogens with one attached hydrogen (secondary N) is 3. The number of aryl methyl sites for hydroxylation is 2. The lowest BCUT2D eigenvalue weighted by molar-refractivity contribution is -0.122. The van der Waals surface area contributed by atoms with Crippen molar-refractivity contribution in [3.8, 4) is 0 Å². The molecule has 1 unspecified atom stereocenters. The lowest BCUT2D eigenvalue weighted by Crippen LogP contribution is -2.45. The van der Waals surface area contributed by atoms with Gasteiger partial charge in [0.05, 0.1) is 17.4 Å². The summed E-state index contributed by atoms with van der Waals surface area (Å²) < 4.78 is 28.8. The minimum Gasteiger partial charge on any atom is -0.355 e. The molecule has 1 rings (SSSR count). The van der Waals surface area contributed by atoms with E-state index < -0.39 is 16.1 Å². The molecule has 0 saturated carbocycles. The Morgan fingerprint density at radius 3 is 2.45 bits per heavy atom. The Kier molecular flexibility index (Phi) is 6.51. The summed E-state index contributed by atoms with van der Waals surface area (Å²) in [5, 5.41) is 9.76. The Morgan fingerprint density at radius 1 is 1.32 bits per heavy atom. The molecule has 22 heavy (non-hydrogen) atoms. The molecule has 9 heteroatoms. The van der Waals surface area contributed by atoms with Crippen LogP contribution in [0.3, 0.4) is 0 Å². The predicted octanol–water partition coefficient (Wildman–Crippen LogP) is -0.571. The first kappa shape index (κ1) is 18.6. The SMILES string of the molecule is CNCCCNC(=O)C(C)NS(=O)(=O)c1c(C)nn(C)c1C. The van der Waals surface area contributed by atoms with Gasteiger partial charge in [-0.2, -0.15) is 9.82 Å². The molecule has 0 radical (unpaired) electrons. The molecule has 0 aliphatic rings. The van der Waals surface area contributed by atoms with Crippen LogP contribution in [0.15, 0.2) is 4.90 Å². The number of carbonyl (C=O) groups is 1. The zero-order valence-electron chi connectivity index (χ0n) is 13.7. The second-order valence-electron chi connectivity index (χ2n) is 5.21. The van der Waals surface area contributed by atoms with Gasteiger partial charge in [-0.25, -0.2) is 8.42 Å². The summed E-state index contributed by atoms with van der Waals surface area (Å²) in [7, 11) is -0.277. The van der Waals surface area contributed by atoms with E-state index in [2.05, 4.69) is 20.5 Å². The maximum atomic E-state index is 12.4. The fourth-order valence-electron chi connectivity index (χ4n) is 2.12. The van der Waals surface area contributed by atoms with Gasteiger partial charge in [0.1, 0.15) is 4.90 Å². The number of nitrogens with zero attached hydrogens (tertiary/aromatic N) is 2. The van der Waals surface area contributed by atoms with Crippen LogP contribution in [-0.4, -0.2) is 50.3 Å². The molecule has 0 aliphatic heterocycles. The van der Waals surface area contributed by atoms with E-state index in [0.29, 0.717) is 17.9 Å². The van der Waals surface area contributed by atoms with Crippen LogP contribution in [0.1, 0.15) is 24.7 Å². The van der Waals surface area contributed by atoms with E-state index in [-0.39, 0.29) is 10.8 Å². The Balaban J connectivity index is 2.73. The normalized spacial score (nSPS) is 13.1. The van der Waals surface area contributed by atoms with Crippen molar-refractivity contribution in [2.45, 2.75) is 38.1 Å². The third kappa shape index (κ3) is 4.52. The summed E-state index contributed by atoms with van der Waals surface area (Å²) >= 11 is 0. The van der Waals surface area contributed by atoms with Crippen LogP contribution in [0.2, 0.25) is 0 Å². The van der Waals surface area contributed by atoms with Crippen molar-refractivity contribution < 1.29 is 13.2 Å². The van der Waals surface area contributed by atoms with E-state index in [1.54, 1.807) is 20.9 Å². The highest BCUT2D eigenvalue weighted by Gasteiger charge is 2.27. The van der Waals surface area contributed by atoms with Crippen molar-refractivity contribution in [1.82, 2.24) is 25.1 Å². The molecule has 1 heterocycles. The average molecular weight is 331 g/mol. The molecule has 8 nitrogen and oxygen atoms in total. The maximum Gasteiger partial charge on any atom is 0.244 e. The zero-order chi connectivity index (χ0) is 16.9. The van der Waals surface area contributed by atoms with E-state index in [9.17, 15) is 13.2 Å². The molecule has 126 valence electrons. The standard InChI is InChI=1S/C13H25N5O3S/c1-9-12(11(3)18(5)16-9)22(20,21)17-10(2)13(19)15-8-6-7-14-4/h10,14,17H,6-8H2,1-5H3,(H,15,19). The van der Waals surface area contributed by atoms with Gasteiger partial charge >= 0.3 is 0 Å².